The van der Waals surface area contributed by atoms with Gasteiger partial charge in [-0.2, -0.15) is 4.98 Å². The normalized spacial score (nSPS) is 25.9. The molecule has 0 aromatic carbocycles. The third-order valence-corrected chi connectivity index (χ3v) is 3.36. The largest absolute Gasteiger partial charge is 0.338 e. The molecule has 96 valence electrons. The number of hydrogen-bond acceptors (Lipinski definition) is 6. The molecule has 0 saturated carbocycles. The van der Waals surface area contributed by atoms with E-state index in [0.717, 1.165) is 25.5 Å². The van der Waals surface area contributed by atoms with Crippen molar-refractivity contribution in [2.24, 2.45) is 11.7 Å². The number of nitrogens with zero attached hydrogens (tertiary/aromatic N) is 4. The van der Waals surface area contributed by atoms with Crippen LogP contribution in [0.5, 0.6) is 0 Å². The Morgan fingerprint density at radius 2 is 2.24 bits per heavy atom. The van der Waals surface area contributed by atoms with Gasteiger partial charge in [-0.1, -0.05) is 12.1 Å². The molecule has 2 unspecified atom stereocenters. The van der Waals surface area contributed by atoms with Gasteiger partial charge in [0.1, 0.15) is 0 Å². The van der Waals surface area contributed by atoms with E-state index in [4.69, 9.17) is 10.3 Å². The lowest BCUT2D eigenvalue weighted by Gasteiger charge is -2.22. The van der Waals surface area contributed by atoms with E-state index in [1.165, 1.54) is 0 Å². The first kappa shape index (κ1) is 12.5. The van der Waals surface area contributed by atoms with Crippen molar-refractivity contribution in [2.75, 3.05) is 27.2 Å². The van der Waals surface area contributed by atoms with Gasteiger partial charge in [0.25, 0.3) is 0 Å². The second-order valence-electron chi connectivity index (χ2n) is 5.01. The molecule has 6 heteroatoms. The van der Waals surface area contributed by atoms with Crippen LogP contribution in [0, 0.1) is 5.92 Å². The summed E-state index contributed by atoms with van der Waals surface area (Å²) in [7, 11) is 4.26. The van der Waals surface area contributed by atoms with Crippen molar-refractivity contribution in [3.05, 3.63) is 11.7 Å². The molecule has 1 aliphatic rings. The Bertz CT molecular complexity index is 364. The highest BCUT2D eigenvalue weighted by molar-refractivity contribution is 4.91. The molecule has 1 fully saturated rings. The molecule has 2 N–H and O–H groups in total. The fourth-order valence-electron chi connectivity index (χ4n) is 2.49. The van der Waals surface area contributed by atoms with E-state index >= 15 is 0 Å². The maximum atomic E-state index is 5.44. The molecular formula is C11H21N5O. The maximum Gasteiger partial charge on any atom is 0.240 e. The van der Waals surface area contributed by atoms with E-state index < -0.39 is 0 Å². The van der Waals surface area contributed by atoms with Crippen molar-refractivity contribution in [3.63, 3.8) is 0 Å². The third kappa shape index (κ3) is 2.83. The fourth-order valence-corrected chi connectivity index (χ4v) is 2.49. The van der Waals surface area contributed by atoms with Gasteiger partial charge in [0.2, 0.25) is 5.89 Å². The first-order valence-corrected chi connectivity index (χ1v) is 6.00. The van der Waals surface area contributed by atoms with Crippen LogP contribution in [0.4, 0.5) is 0 Å². The van der Waals surface area contributed by atoms with Gasteiger partial charge in [-0.05, 0) is 20.0 Å². The summed E-state index contributed by atoms with van der Waals surface area (Å²) in [6, 6.07) is 0.607. The molecular weight excluding hydrogens is 218 g/mol. The zero-order valence-corrected chi connectivity index (χ0v) is 10.8. The molecule has 17 heavy (non-hydrogen) atoms. The minimum atomic E-state index is 0.309. The molecule has 1 aromatic rings. The molecule has 0 radical (unpaired) electrons. The van der Waals surface area contributed by atoms with Crippen LogP contribution < -0.4 is 5.73 Å². The highest BCUT2D eigenvalue weighted by atomic mass is 16.5. The summed E-state index contributed by atoms with van der Waals surface area (Å²) in [5, 5.41) is 3.92. The van der Waals surface area contributed by atoms with Crippen molar-refractivity contribution in [1.82, 2.24) is 19.9 Å². The van der Waals surface area contributed by atoms with Gasteiger partial charge in [0, 0.05) is 19.1 Å². The highest BCUT2D eigenvalue weighted by Gasteiger charge is 2.31. The number of likely N-dealkylation sites (N-methyl/N-ethyl adjacent to an activating group) is 1. The van der Waals surface area contributed by atoms with Gasteiger partial charge in [0.05, 0.1) is 13.1 Å². The minimum absolute atomic E-state index is 0.309. The third-order valence-electron chi connectivity index (χ3n) is 3.36. The number of likely N-dealkylation sites (tertiary alicyclic amines) is 1. The second kappa shape index (κ2) is 5.12. The maximum absolute atomic E-state index is 5.44. The number of nitrogens with two attached hydrogens (primary N) is 1. The summed E-state index contributed by atoms with van der Waals surface area (Å²) < 4.78 is 5.00. The fraction of sp³-hybridized carbons (Fsp3) is 0.818. The van der Waals surface area contributed by atoms with Crippen LogP contribution >= 0.6 is 0 Å². The average Bonchev–Trinajstić information content (AvgIpc) is 2.85. The SMILES string of the molecule is CC1CN(Cc2noc(CN)n2)CC1N(C)C. The van der Waals surface area contributed by atoms with Gasteiger partial charge >= 0.3 is 0 Å². The molecule has 0 aliphatic carbocycles. The molecule has 0 spiro atoms. The Morgan fingerprint density at radius 1 is 1.47 bits per heavy atom. The molecule has 2 heterocycles. The number of rotatable bonds is 4. The average molecular weight is 239 g/mol. The Kier molecular flexibility index (Phi) is 3.76. The lowest BCUT2D eigenvalue weighted by atomic mass is 10.1. The van der Waals surface area contributed by atoms with Gasteiger partial charge in [-0.15, -0.1) is 0 Å². The Balaban J connectivity index is 1.92. The van der Waals surface area contributed by atoms with Crippen LogP contribution in [0.2, 0.25) is 0 Å². The summed E-state index contributed by atoms with van der Waals surface area (Å²) in [5.41, 5.74) is 5.44. The number of hydrogen-bond donors (Lipinski definition) is 1. The first-order chi connectivity index (χ1) is 8.10. The smallest absolute Gasteiger partial charge is 0.240 e. The van der Waals surface area contributed by atoms with E-state index in [-0.39, 0.29) is 0 Å². The molecule has 2 atom stereocenters. The van der Waals surface area contributed by atoms with Crippen LogP contribution in [-0.4, -0.2) is 53.2 Å². The van der Waals surface area contributed by atoms with Crippen LogP contribution in [-0.2, 0) is 13.1 Å². The molecule has 6 nitrogen and oxygen atoms in total. The van der Waals surface area contributed by atoms with E-state index in [1.54, 1.807) is 0 Å². The summed E-state index contributed by atoms with van der Waals surface area (Å²) in [5.74, 6) is 1.92. The topological polar surface area (TPSA) is 71.4 Å². The monoisotopic (exact) mass is 239 g/mol. The van der Waals surface area contributed by atoms with Gasteiger partial charge in [-0.25, -0.2) is 0 Å². The molecule has 0 amide bonds. The van der Waals surface area contributed by atoms with Gasteiger partial charge in [-0.3, -0.25) is 4.90 Å². The lowest BCUT2D eigenvalue weighted by Crippen LogP contribution is -2.34. The van der Waals surface area contributed by atoms with Gasteiger partial charge in [0.15, 0.2) is 5.82 Å². The highest BCUT2D eigenvalue weighted by Crippen LogP contribution is 2.21. The Hall–Kier alpha value is -0.980. The zero-order valence-electron chi connectivity index (χ0n) is 10.8. The van der Waals surface area contributed by atoms with E-state index in [1.807, 2.05) is 0 Å². The Morgan fingerprint density at radius 3 is 2.76 bits per heavy atom. The van der Waals surface area contributed by atoms with Crippen molar-refractivity contribution in [1.29, 1.82) is 0 Å². The van der Waals surface area contributed by atoms with Crippen molar-refractivity contribution in [3.8, 4) is 0 Å². The van der Waals surface area contributed by atoms with Crippen molar-refractivity contribution >= 4 is 0 Å². The summed E-state index contributed by atoms with van der Waals surface area (Å²) in [4.78, 5) is 8.87. The van der Waals surface area contributed by atoms with Crippen LogP contribution in [0.1, 0.15) is 18.6 Å². The molecule has 0 bridgehead atoms. The first-order valence-electron chi connectivity index (χ1n) is 6.00. The zero-order chi connectivity index (χ0) is 12.4. The summed E-state index contributed by atoms with van der Waals surface area (Å²) >= 11 is 0. The van der Waals surface area contributed by atoms with Gasteiger partial charge < -0.3 is 15.2 Å². The van der Waals surface area contributed by atoms with Crippen LogP contribution in [0.3, 0.4) is 0 Å². The van der Waals surface area contributed by atoms with E-state index in [0.29, 0.717) is 24.4 Å². The molecule has 1 saturated heterocycles. The van der Waals surface area contributed by atoms with Crippen LogP contribution in [0.25, 0.3) is 0 Å². The number of aromatic nitrogens is 2. The summed E-state index contributed by atoms with van der Waals surface area (Å²) in [6.07, 6.45) is 0. The molecule has 1 aromatic heterocycles. The van der Waals surface area contributed by atoms with Crippen LogP contribution in [0.15, 0.2) is 4.52 Å². The Labute approximate surface area is 102 Å². The molecule has 2 rings (SSSR count). The lowest BCUT2D eigenvalue weighted by molar-refractivity contribution is 0.247. The van der Waals surface area contributed by atoms with E-state index in [9.17, 15) is 0 Å². The van der Waals surface area contributed by atoms with E-state index in [2.05, 4.69) is 41.0 Å². The quantitative estimate of drug-likeness (QED) is 0.792. The standard InChI is InChI=1S/C11H21N5O/c1-8-5-16(6-9(8)15(2)3)7-10-13-11(4-12)17-14-10/h8-9H,4-7,12H2,1-3H3. The minimum Gasteiger partial charge on any atom is -0.338 e. The predicted octanol–water partition coefficient (Wildman–Crippen LogP) is -0.0898. The van der Waals surface area contributed by atoms with Crippen molar-refractivity contribution in [2.45, 2.75) is 26.1 Å². The predicted molar refractivity (Wildman–Crippen MR) is 64.1 cm³/mol. The van der Waals surface area contributed by atoms with Crippen molar-refractivity contribution < 1.29 is 4.52 Å². The summed E-state index contributed by atoms with van der Waals surface area (Å²) in [6.45, 7) is 5.48. The second-order valence-corrected chi connectivity index (χ2v) is 5.01. The molecule has 1 aliphatic heterocycles.